The van der Waals surface area contributed by atoms with Crippen LogP contribution in [0.3, 0.4) is 0 Å². The van der Waals surface area contributed by atoms with Crippen molar-refractivity contribution in [2.24, 2.45) is 0 Å². The molecule has 0 bridgehead atoms. The molecular formula is C15H12BrN7O2. The first-order valence-electron chi connectivity index (χ1n) is 7.10. The van der Waals surface area contributed by atoms with Gasteiger partial charge in [0.15, 0.2) is 0 Å². The average molecular weight is 402 g/mol. The highest BCUT2D eigenvalue weighted by atomic mass is 79.9. The monoisotopic (exact) mass is 401 g/mol. The molecule has 25 heavy (non-hydrogen) atoms. The van der Waals surface area contributed by atoms with E-state index in [1.807, 2.05) is 13.0 Å². The van der Waals surface area contributed by atoms with Crippen LogP contribution < -0.4 is 10.6 Å². The summed E-state index contributed by atoms with van der Waals surface area (Å²) < 4.78 is 0.794. The number of anilines is 4. The summed E-state index contributed by atoms with van der Waals surface area (Å²) in [5.41, 5.74) is 0.681. The van der Waals surface area contributed by atoms with E-state index < -0.39 is 4.92 Å². The minimum atomic E-state index is -0.558. The van der Waals surface area contributed by atoms with Gasteiger partial charge in [0.1, 0.15) is 18.0 Å². The van der Waals surface area contributed by atoms with Gasteiger partial charge in [-0.3, -0.25) is 10.1 Å². The van der Waals surface area contributed by atoms with Crippen LogP contribution in [-0.4, -0.2) is 24.9 Å². The van der Waals surface area contributed by atoms with Crippen molar-refractivity contribution in [2.75, 3.05) is 10.6 Å². The van der Waals surface area contributed by atoms with E-state index in [1.54, 1.807) is 30.6 Å². The third-order valence-corrected chi connectivity index (χ3v) is 3.61. The number of aryl methyl sites for hydroxylation is 1. The zero-order valence-electron chi connectivity index (χ0n) is 13.0. The smallest absolute Gasteiger partial charge is 0.319 e. The molecule has 0 spiro atoms. The molecule has 126 valence electrons. The Balaban J connectivity index is 1.94. The molecular weight excluding hydrogens is 390 g/mol. The summed E-state index contributed by atoms with van der Waals surface area (Å²) in [5.74, 6) is 0.935. The van der Waals surface area contributed by atoms with Gasteiger partial charge in [-0.1, -0.05) is 6.07 Å². The van der Waals surface area contributed by atoms with Gasteiger partial charge >= 0.3 is 5.69 Å². The highest BCUT2D eigenvalue weighted by Gasteiger charge is 2.23. The Bertz CT molecular complexity index is 835. The summed E-state index contributed by atoms with van der Waals surface area (Å²) in [4.78, 5) is 27.2. The number of pyridine rings is 2. The van der Waals surface area contributed by atoms with Gasteiger partial charge in [-0.2, -0.15) is 0 Å². The van der Waals surface area contributed by atoms with Crippen molar-refractivity contribution in [3.05, 3.63) is 63.1 Å². The van der Waals surface area contributed by atoms with E-state index in [9.17, 15) is 10.1 Å². The molecule has 0 unspecified atom stereocenters. The molecule has 3 aromatic rings. The van der Waals surface area contributed by atoms with Gasteiger partial charge in [0.25, 0.3) is 0 Å². The van der Waals surface area contributed by atoms with E-state index in [1.165, 1.54) is 6.33 Å². The van der Waals surface area contributed by atoms with Gasteiger partial charge in [0.2, 0.25) is 11.6 Å². The largest absolute Gasteiger partial charge is 0.354 e. The minimum absolute atomic E-state index is 0.0319. The predicted octanol–water partition coefficient (Wildman–Crippen LogP) is 3.73. The Labute approximate surface area is 150 Å². The van der Waals surface area contributed by atoms with Crippen LogP contribution in [0.15, 0.2) is 47.5 Å². The second kappa shape index (κ2) is 7.18. The first kappa shape index (κ1) is 16.7. The van der Waals surface area contributed by atoms with Gasteiger partial charge in [0.05, 0.1) is 4.92 Å². The van der Waals surface area contributed by atoms with Gasteiger partial charge in [-0.15, -0.1) is 0 Å². The molecule has 3 heterocycles. The van der Waals surface area contributed by atoms with Crippen molar-refractivity contribution in [3.8, 4) is 0 Å². The maximum atomic E-state index is 11.5. The quantitative estimate of drug-likeness (QED) is 0.490. The number of hydrogen-bond donors (Lipinski definition) is 2. The Morgan fingerprint density at radius 3 is 2.04 bits per heavy atom. The summed E-state index contributed by atoms with van der Waals surface area (Å²) in [7, 11) is 0. The summed E-state index contributed by atoms with van der Waals surface area (Å²) >= 11 is 3.28. The second-order valence-electron chi connectivity index (χ2n) is 5.01. The standard InChI is InChI=1S/C15H12BrN7O2/c1-9-2-4-11(17-6-9)21-14-13(23(24)25)15(20-8-19-14)22-12-5-3-10(16)7-18-12/h2-8H,1H3,(H2,17,18,19,20,21,22). The molecule has 0 saturated heterocycles. The number of nitro groups is 1. The highest BCUT2D eigenvalue weighted by molar-refractivity contribution is 9.10. The first-order valence-corrected chi connectivity index (χ1v) is 7.90. The number of halogens is 1. The van der Waals surface area contributed by atoms with Crippen LogP contribution in [0.1, 0.15) is 5.56 Å². The number of nitrogens with one attached hydrogen (secondary N) is 2. The molecule has 0 saturated carbocycles. The Morgan fingerprint density at radius 2 is 1.56 bits per heavy atom. The van der Waals surface area contributed by atoms with Crippen molar-refractivity contribution in [1.29, 1.82) is 0 Å². The molecule has 3 rings (SSSR count). The van der Waals surface area contributed by atoms with Crippen LogP contribution in [0.2, 0.25) is 0 Å². The van der Waals surface area contributed by atoms with E-state index in [4.69, 9.17) is 0 Å². The number of aromatic nitrogens is 4. The molecule has 9 nitrogen and oxygen atoms in total. The van der Waals surface area contributed by atoms with Gasteiger partial charge in [-0.25, -0.2) is 19.9 Å². The minimum Gasteiger partial charge on any atom is -0.319 e. The lowest BCUT2D eigenvalue weighted by molar-refractivity contribution is -0.383. The summed E-state index contributed by atoms with van der Waals surface area (Å²) in [5, 5.41) is 17.2. The van der Waals surface area contributed by atoms with Gasteiger partial charge in [0, 0.05) is 16.9 Å². The Hall–Kier alpha value is -3.14. The lowest BCUT2D eigenvalue weighted by atomic mass is 10.3. The fourth-order valence-electron chi connectivity index (χ4n) is 1.97. The number of nitrogens with zero attached hydrogens (tertiary/aromatic N) is 5. The summed E-state index contributed by atoms with van der Waals surface area (Å²) in [6.07, 6.45) is 4.45. The maximum Gasteiger partial charge on any atom is 0.354 e. The zero-order chi connectivity index (χ0) is 17.8. The fraction of sp³-hybridized carbons (Fsp3) is 0.0667. The molecule has 0 aliphatic rings. The molecule has 0 aliphatic carbocycles. The maximum absolute atomic E-state index is 11.5. The normalized spacial score (nSPS) is 10.3. The van der Waals surface area contributed by atoms with Crippen molar-refractivity contribution < 1.29 is 4.92 Å². The van der Waals surface area contributed by atoms with E-state index in [0.29, 0.717) is 11.6 Å². The van der Waals surface area contributed by atoms with Crippen LogP contribution >= 0.6 is 15.9 Å². The van der Waals surface area contributed by atoms with Gasteiger partial charge in [-0.05, 0) is 46.6 Å². The molecule has 0 amide bonds. The summed E-state index contributed by atoms with van der Waals surface area (Å²) in [6, 6.07) is 6.99. The molecule has 0 atom stereocenters. The third-order valence-electron chi connectivity index (χ3n) is 3.14. The molecule has 10 heteroatoms. The van der Waals surface area contributed by atoms with Crippen LogP contribution in [-0.2, 0) is 0 Å². The van der Waals surface area contributed by atoms with Crippen LogP contribution in [0.25, 0.3) is 0 Å². The molecule has 3 aromatic heterocycles. The first-order chi connectivity index (χ1) is 12.0. The predicted molar refractivity (Wildman–Crippen MR) is 96.2 cm³/mol. The lowest BCUT2D eigenvalue weighted by Crippen LogP contribution is -2.06. The Morgan fingerprint density at radius 1 is 0.960 bits per heavy atom. The molecule has 0 aliphatic heterocycles. The van der Waals surface area contributed by atoms with E-state index >= 15 is 0 Å². The Kier molecular flexibility index (Phi) is 4.80. The third kappa shape index (κ3) is 4.04. The van der Waals surface area contributed by atoms with Crippen molar-refractivity contribution in [3.63, 3.8) is 0 Å². The van der Waals surface area contributed by atoms with Crippen molar-refractivity contribution in [1.82, 2.24) is 19.9 Å². The van der Waals surface area contributed by atoms with Crippen LogP contribution in [0.4, 0.5) is 29.0 Å². The average Bonchev–Trinajstić information content (AvgIpc) is 2.59. The van der Waals surface area contributed by atoms with E-state index in [-0.39, 0.29) is 17.3 Å². The SMILES string of the molecule is Cc1ccc(Nc2ncnc(Nc3ccc(Br)cn3)c2[N+](=O)[O-])nc1. The molecule has 0 fully saturated rings. The van der Waals surface area contributed by atoms with E-state index in [2.05, 4.69) is 46.5 Å². The highest BCUT2D eigenvalue weighted by Crippen LogP contribution is 2.32. The van der Waals surface area contributed by atoms with Crippen LogP contribution in [0, 0.1) is 17.0 Å². The van der Waals surface area contributed by atoms with Crippen molar-refractivity contribution >= 4 is 44.9 Å². The van der Waals surface area contributed by atoms with Gasteiger partial charge < -0.3 is 10.6 Å². The molecule has 0 aromatic carbocycles. The zero-order valence-corrected chi connectivity index (χ0v) is 14.6. The lowest BCUT2D eigenvalue weighted by Gasteiger charge is -2.09. The number of rotatable bonds is 5. The van der Waals surface area contributed by atoms with Crippen LogP contribution in [0.5, 0.6) is 0 Å². The molecule has 0 radical (unpaired) electrons. The topological polar surface area (TPSA) is 119 Å². The van der Waals surface area contributed by atoms with E-state index in [0.717, 1.165) is 10.0 Å². The van der Waals surface area contributed by atoms with Crippen molar-refractivity contribution in [2.45, 2.75) is 6.92 Å². The second-order valence-corrected chi connectivity index (χ2v) is 5.92. The summed E-state index contributed by atoms with van der Waals surface area (Å²) in [6.45, 7) is 1.90. The molecule has 2 N–H and O–H groups in total. The number of hydrogen-bond acceptors (Lipinski definition) is 8. The fourth-order valence-corrected chi connectivity index (χ4v) is 2.20.